The van der Waals surface area contributed by atoms with E-state index in [9.17, 15) is 4.79 Å². The number of carbonyl (C=O) groups excluding carboxylic acids is 1. The lowest BCUT2D eigenvalue weighted by Gasteiger charge is -2.05. The second-order valence-electron chi connectivity index (χ2n) is 5.11. The average Bonchev–Trinajstić information content (AvgIpc) is 2.60. The zero-order valence-electron chi connectivity index (χ0n) is 12.9. The van der Waals surface area contributed by atoms with Crippen molar-refractivity contribution in [3.63, 3.8) is 0 Å². The van der Waals surface area contributed by atoms with Crippen molar-refractivity contribution in [1.82, 2.24) is 0 Å². The van der Waals surface area contributed by atoms with E-state index in [1.54, 1.807) is 6.07 Å². The van der Waals surface area contributed by atoms with E-state index >= 15 is 0 Å². The van der Waals surface area contributed by atoms with E-state index in [-0.39, 0.29) is 5.97 Å². The third kappa shape index (κ3) is 6.58. The molecule has 118 valence electrons. The van der Waals surface area contributed by atoms with E-state index in [1.165, 1.54) is 17.3 Å². The van der Waals surface area contributed by atoms with Crippen LogP contribution in [0.15, 0.2) is 54.6 Å². The normalized spacial score (nSPS) is 10.0. The fourth-order valence-corrected chi connectivity index (χ4v) is 2.90. The minimum Gasteiger partial charge on any atom is -0.465 e. The molecule has 0 aromatic heterocycles. The Morgan fingerprint density at radius 2 is 1.87 bits per heavy atom. The number of benzene rings is 2. The Balaban J connectivity index is 1.59. The minimum absolute atomic E-state index is 0.181. The standard InChI is InChI=1S/C19H19NO2S/c20-13-17-8-4-9-18(12-17)14-23-15-19(21)22-11-5-10-16-6-2-1-3-7-16/h1-4,6-9,12H,5,10-11,14-15H2. The molecule has 2 rings (SSSR count). The van der Waals surface area contributed by atoms with Gasteiger partial charge in [0.2, 0.25) is 0 Å². The number of nitrogens with zero attached hydrogens (tertiary/aromatic N) is 1. The Hall–Kier alpha value is -2.25. The van der Waals surface area contributed by atoms with Gasteiger partial charge in [0.1, 0.15) is 0 Å². The van der Waals surface area contributed by atoms with Gasteiger partial charge in [0.15, 0.2) is 0 Å². The van der Waals surface area contributed by atoms with Crippen LogP contribution in [0.5, 0.6) is 0 Å². The maximum atomic E-state index is 11.7. The van der Waals surface area contributed by atoms with Crippen molar-refractivity contribution in [2.45, 2.75) is 18.6 Å². The lowest BCUT2D eigenvalue weighted by molar-refractivity contribution is -0.140. The van der Waals surface area contributed by atoms with Crippen LogP contribution < -0.4 is 0 Å². The third-order valence-electron chi connectivity index (χ3n) is 3.26. The van der Waals surface area contributed by atoms with Crippen LogP contribution in [0.3, 0.4) is 0 Å². The molecule has 2 aromatic rings. The van der Waals surface area contributed by atoms with Gasteiger partial charge in [-0.15, -0.1) is 11.8 Å². The van der Waals surface area contributed by atoms with Gasteiger partial charge in [0.05, 0.1) is 24.0 Å². The van der Waals surface area contributed by atoms with Crippen molar-refractivity contribution in [2.75, 3.05) is 12.4 Å². The molecule has 0 N–H and O–H groups in total. The van der Waals surface area contributed by atoms with Crippen LogP contribution in [0.2, 0.25) is 0 Å². The zero-order chi connectivity index (χ0) is 16.3. The lowest BCUT2D eigenvalue weighted by Crippen LogP contribution is -2.09. The lowest BCUT2D eigenvalue weighted by atomic mass is 10.1. The van der Waals surface area contributed by atoms with Crippen LogP contribution in [0.1, 0.15) is 23.1 Å². The summed E-state index contributed by atoms with van der Waals surface area (Å²) in [4.78, 5) is 11.7. The van der Waals surface area contributed by atoms with Crippen molar-refractivity contribution >= 4 is 17.7 Å². The van der Waals surface area contributed by atoms with Crippen LogP contribution in [-0.2, 0) is 21.7 Å². The van der Waals surface area contributed by atoms with E-state index in [4.69, 9.17) is 10.00 Å². The molecule has 0 aliphatic rings. The quantitative estimate of drug-likeness (QED) is 0.544. The topological polar surface area (TPSA) is 50.1 Å². The number of hydrogen-bond acceptors (Lipinski definition) is 4. The summed E-state index contributed by atoms with van der Waals surface area (Å²) in [6, 6.07) is 19.7. The van der Waals surface area contributed by atoms with Crippen LogP contribution >= 0.6 is 11.8 Å². The molecule has 0 saturated heterocycles. The molecule has 2 aromatic carbocycles. The predicted octanol–water partition coefficient (Wildman–Crippen LogP) is 3.97. The van der Waals surface area contributed by atoms with Gasteiger partial charge in [-0.25, -0.2) is 0 Å². The van der Waals surface area contributed by atoms with E-state index < -0.39 is 0 Å². The Morgan fingerprint density at radius 1 is 1.09 bits per heavy atom. The zero-order valence-corrected chi connectivity index (χ0v) is 13.7. The van der Waals surface area contributed by atoms with E-state index in [2.05, 4.69) is 18.2 Å². The summed E-state index contributed by atoms with van der Waals surface area (Å²) in [5.74, 6) is 0.857. The second kappa shape index (κ2) is 9.70. The number of rotatable bonds is 8. The first-order chi connectivity index (χ1) is 11.3. The summed E-state index contributed by atoms with van der Waals surface area (Å²) in [7, 11) is 0. The molecule has 0 spiro atoms. The highest BCUT2D eigenvalue weighted by Gasteiger charge is 2.04. The second-order valence-corrected chi connectivity index (χ2v) is 6.10. The number of aryl methyl sites for hydroxylation is 1. The molecule has 0 atom stereocenters. The first-order valence-electron chi connectivity index (χ1n) is 7.54. The number of carbonyl (C=O) groups is 1. The van der Waals surface area contributed by atoms with Gasteiger partial charge in [-0.3, -0.25) is 4.79 Å². The maximum absolute atomic E-state index is 11.7. The Bertz CT molecular complexity index is 665. The number of thioether (sulfide) groups is 1. The van der Waals surface area contributed by atoms with Gasteiger partial charge >= 0.3 is 5.97 Å². The Morgan fingerprint density at radius 3 is 2.65 bits per heavy atom. The average molecular weight is 325 g/mol. The molecule has 0 heterocycles. The summed E-state index contributed by atoms with van der Waals surface area (Å²) >= 11 is 1.50. The molecule has 0 saturated carbocycles. The van der Waals surface area contributed by atoms with Gasteiger partial charge < -0.3 is 4.74 Å². The molecular formula is C19H19NO2S. The molecule has 0 unspecified atom stereocenters. The smallest absolute Gasteiger partial charge is 0.315 e. The van der Waals surface area contributed by atoms with Crippen molar-refractivity contribution in [1.29, 1.82) is 5.26 Å². The molecule has 0 aliphatic heterocycles. The fraction of sp³-hybridized carbons (Fsp3) is 0.263. The summed E-state index contributed by atoms with van der Waals surface area (Å²) in [5, 5.41) is 8.85. The van der Waals surface area contributed by atoms with E-state index in [0.29, 0.717) is 23.7 Å². The van der Waals surface area contributed by atoms with Gasteiger partial charge in [-0.2, -0.15) is 5.26 Å². The monoisotopic (exact) mass is 325 g/mol. The summed E-state index contributed by atoms with van der Waals surface area (Å²) in [6.45, 7) is 0.457. The molecule has 0 fully saturated rings. The highest BCUT2D eigenvalue weighted by Crippen LogP contribution is 2.14. The molecule has 4 heteroatoms. The van der Waals surface area contributed by atoms with E-state index in [1.807, 2.05) is 36.4 Å². The first-order valence-corrected chi connectivity index (χ1v) is 8.70. The van der Waals surface area contributed by atoms with Crippen LogP contribution in [0.4, 0.5) is 0 Å². The van der Waals surface area contributed by atoms with Gasteiger partial charge in [-0.05, 0) is 36.1 Å². The molecule has 23 heavy (non-hydrogen) atoms. The minimum atomic E-state index is -0.181. The van der Waals surface area contributed by atoms with Crippen LogP contribution in [0, 0.1) is 11.3 Å². The van der Waals surface area contributed by atoms with E-state index in [0.717, 1.165) is 18.4 Å². The maximum Gasteiger partial charge on any atom is 0.315 e. The summed E-state index contributed by atoms with van der Waals surface area (Å²) in [6.07, 6.45) is 1.76. The number of nitriles is 1. The first kappa shape index (κ1) is 17.1. The highest BCUT2D eigenvalue weighted by molar-refractivity contribution is 7.99. The molecule has 0 bridgehead atoms. The van der Waals surface area contributed by atoms with Crippen LogP contribution in [-0.4, -0.2) is 18.3 Å². The van der Waals surface area contributed by atoms with Crippen molar-refractivity contribution in [3.05, 3.63) is 71.3 Å². The highest BCUT2D eigenvalue weighted by atomic mass is 32.2. The summed E-state index contributed by atoms with van der Waals surface area (Å²) in [5.41, 5.74) is 2.95. The number of esters is 1. The molecule has 0 aliphatic carbocycles. The van der Waals surface area contributed by atoms with Gasteiger partial charge in [0.25, 0.3) is 0 Å². The Labute approximate surface area is 141 Å². The molecule has 0 radical (unpaired) electrons. The molecule has 3 nitrogen and oxygen atoms in total. The largest absolute Gasteiger partial charge is 0.465 e. The Kier molecular flexibility index (Phi) is 7.22. The third-order valence-corrected chi connectivity index (χ3v) is 4.24. The fourth-order valence-electron chi connectivity index (χ4n) is 2.13. The summed E-state index contributed by atoms with van der Waals surface area (Å²) < 4.78 is 5.23. The molecule has 0 amide bonds. The SMILES string of the molecule is N#Cc1cccc(CSCC(=O)OCCCc2ccccc2)c1. The predicted molar refractivity (Wildman–Crippen MR) is 93.0 cm³/mol. The number of ether oxygens (including phenoxy) is 1. The van der Waals surface area contributed by atoms with Gasteiger partial charge in [-0.1, -0.05) is 42.5 Å². The molecular weight excluding hydrogens is 306 g/mol. The van der Waals surface area contributed by atoms with Crippen molar-refractivity contribution in [2.24, 2.45) is 0 Å². The van der Waals surface area contributed by atoms with Crippen LogP contribution in [0.25, 0.3) is 0 Å². The number of hydrogen-bond donors (Lipinski definition) is 0. The van der Waals surface area contributed by atoms with Crippen molar-refractivity contribution in [3.8, 4) is 6.07 Å². The van der Waals surface area contributed by atoms with Crippen molar-refractivity contribution < 1.29 is 9.53 Å². The van der Waals surface area contributed by atoms with Gasteiger partial charge in [0, 0.05) is 5.75 Å².